The van der Waals surface area contributed by atoms with Crippen LogP contribution in [0.15, 0.2) is 48.5 Å². The molecular formula is C18H19N3O3. The maximum atomic E-state index is 12.1. The molecule has 6 heteroatoms. The summed E-state index contributed by atoms with van der Waals surface area (Å²) in [5.74, 6) is -0.141. The summed E-state index contributed by atoms with van der Waals surface area (Å²) in [5.41, 5.74) is 2.70. The third-order valence-electron chi connectivity index (χ3n) is 4.13. The molecule has 6 nitrogen and oxygen atoms in total. The van der Waals surface area contributed by atoms with Crippen molar-refractivity contribution in [3.8, 4) is 0 Å². The van der Waals surface area contributed by atoms with Gasteiger partial charge in [-0.05, 0) is 42.7 Å². The summed E-state index contributed by atoms with van der Waals surface area (Å²) >= 11 is 0. The van der Waals surface area contributed by atoms with E-state index < -0.39 is 4.92 Å². The van der Waals surface area contributed by atoms with Gasteiger partial charge in [0.15, 0.2) is 0 Å². The summed E-state index contributed by atoms with van der Waals surface area (Å²) in [6.07, 6.45) is 2.65. The normalized spacial score (nSPS) is 13.8. The lowest BCUT2D eigenvalue weighted by Gasteiger charge is -2.17. The van der Waals surface area contributed by atoms with Gasteiger partial charge in [-0.15, -0.1) is 0 Å². The number of nitro benzene ring substituents is 1. The number of nitrogens with zero attached hydrogens (tertiary/aromatic N) is 2. The largest absolute Gasteiger partial charge is 0.372 e. The number of amides is 1. The first-order valence-electron chi connectivity index (χ1n) is 8.00. The molecule has 0 bridgehead atoms. The molecule has 24 heavy (non-hydrogen) atoms. The second kappa shape index (κ2) is 7.12. The molecule has 0 aromatic heterocycles. The number of hydrogen-bond acceptors (Lipinski definition) is 4. The molecule has 124 valence electrons. The maximum Gasteiger partial charge on any atom is 0.269 e. The summed E-state index contributed by atoms with van der Waals surface area (Å²) in [6.45, 7) is 2.18. The van der Waals surface area contributed by atoms with Gasteiger partial charge in [-0.3, -0.25) is 14.9 Å². The molecule has 1 N–H and O–H groups in total. The van der Waals surface area contributed by atoms with Gasteiger partial charge < -0.3 is 10.2 Å². The maximum absolute atomic E-state index is 12.1. The van der Waals surface area contributed by atoms with Crippen LogP contribution in [0, 0.1) is 10.1 Å². The molecule has 1 amide bonds. The summed E-state index contributed by atoms with van der Waals surface area (Å²) < 4.78 is 0. The standard InChI is InChI=1S/C18H19N3O3/c22-18(13-14-3-7-17(8-4-14)21(23)24)19-15-5-9-16(10-6-15)20-11-1-2-12-20/h3-10H,1-2,11-13H2,(H,19,22). The van der Waals surface area contributed by atoms with E-state index in [1.807, 2.05) is 24.3 Å². The molecule has 0 radical (unpaired) electrons. The van der Waals surface area contributed by atoms with E-state index in [4.69, 9.17) is 0 Å². The van der Waals surface area contributed by atoms with E-state index in [0.717, 1.165) is 24.3 Å². The van der Waals surface area contributed by atoms with Gasteiger partial charge in [0, 0.05) is 36.6 Å². The Hall–Kier alpha value is -2.89. The fraction of sp³-hybridized carbons (Fsp3) is 0.278. The summed E-state index contributed by atoms with van der Waals surface area (Å²) in [5, 5.41) is 13.5. The summed E-state index contributed by atoms with van der Waals surface area (Å²) in [6, 6.07) is 13.9. The van der Waals surface area contributed by atoms with Crippen LogP contribution in [0.2, 0.25) is 0 Å². The van der Waals surface area contributed by atoms with E-state index in [2.05, 4.69) is 10.2 Å². The van der Waals surface area contributed by atoms with Gasteiger partial charge in [0.05, 0.1) is 11.3 Å². The second-order valence-electron chi connectivity index (χ2n) is 5.89. The highest BCUT2D eigenvalue weighted by molar-refractivity contribution is 5.92. The minimum atomic E-state index is -0.453. The first-order valence-corrected chi connectivity index (χ1v) is 8.00. The Morgan fingerprint density at radius 2 is 1.67 bits per heavy atom. The van der Waals surface area contributed by atoms with Crippen LogP contribution in [0.25, 0.3) is 0 Å². The Labute approximate surface area is 140 Å². The van der Waals surface area contributed by atoms with Gasteiger partial charge in [-0.25, -0.2) is 0 Å². The molecule has 1 heterocycles. The van der Waals surface area contributed by atoms with Crippen molar-refractivity contribution < 1.29 is 9.72 Å². The van der Waals surface area contributed by atoms with Crippen LogP contribution < -0.4 is 10.2 Å². The predicted octanol–water partition coefficient (Wildman–Crippen LogP) is 3.38. The van der Waals surface area contributed by atoms with Crippen LogP contribution >= 0.6 is 0 Å². The molecule has 0 atom stereocenters. The van der Waals surface area contributed by atoms with Crippen molar-refractivity contribution in [1.29, 1.82) is 0 Å². The number of anilines is 2. The SMILES string of the molecule is O=C(Cc1ccc([N+](=O)[O-])cc1)Nc1ccc(N2CCCC2)cc1. The van der Waals surface area contributed by atoms with Crippen LogP contribution in [0.3, 0.4) is 0 Å². The number of rotatable bonds is 5. The lowest BCUT2D eigenvalue weighted by Crippen LogP contribution is -2.18. The zero-order chi connectivity index (χ0) is 16.9. The van der Waals surface area contributed by atoms with Crippen LogP contribution in [0.5, 0.6) is 0 Å². The van der Waals surface area contributed by atoms with Crippen molar-refractivity contribution in [2.24, 2.45) is 0 Å². The number of hydrogen-bond donors (Lipinski definition) is 1. The second-order valence-corrected chi connectivity index (χ2v) is 5.89. The van der Waals surface area contributed by atoms with Crippen LogP contribution in [0.1, 0.15) is 18.4 Å². The number of carbonyl (C=O) groups is 1. The Morgan fingerprint density at radius 1 is 1.04 bits per heavy atom. The van der Waals surface area contributed by atoms with Gasteiger partial charge in [-0.2, -0.15) is 0 Å². The minimum absolute atomic E-state index is 0.0247. The summed E-state index contributed by atoms with van der Waals surface area (Å²) in [4.78, 5) is 24.6. The lowest BCUT2D eigenvalue weighted by molar-refractivity contribution is -0.384. The van der Waals surface area contributed by atoms with E-state index in [1.165, 1.54) is 30.7 Å². The Kier molecular flexibility index (Phi) is 4.74. The molecule has 0 spiro atoms. The fourth-order valence-corrected chi connectivity index (χ4v) is 2.86. The number of carbonyl (C=O) groups excluding carboxylic acids is 1. The molecule has 0 unspecified atom stereocenters. The molecule has 2 aromatic rings. The molecular weight excluding hydrogens is 306 g/mol. The van der Waals surface area contributed by atoms with Gasteiger partial charge in [0.1, 0.15) is 0 Å². The van der Waals surface area contributed by atoms with E-state index in [9.17, 15) is 14.9 Å². The smallest absolute Gasteiger partial charge is 0.269 e. The van der Waals surface area contributed by atoms with Crippen molar-refractivity contribution in [2.75, 3.05) is 23.3 Å². The minimum Gasteiger partial charge on any atom is -0.372 e. The van der Waals surface area contributed by atoms with E-state index >= 15 is 0 Å². The third-order valence-corrected chi connectivity index (χ3v) is 4.13. The highest BCUT2D eigenvalue weighted by atomic mass is 16.6. The number of nitro groups is 1. The van der Waals surface area contributed by atoms with Crippen molar-refractivity contribution in [3.05, 3.63) is 64.2 Å². The van der Waals surface area contributed by atoms with E-state index in [-0.39, 0.29) is 18.0 Å². The molecule has 2 aromatic carbocycles. The number of non-ortho nitro benzene ring substituents is 1. The monoisotopic (exact) mass is 325 g/mol. The van der Waals surface area contributed by atoms with E-state index in [0.29, 0.717) is 0 Å². The average molecular weight is 325 g/mol. The van der Waals surface area contributed by atoms with Crippen molar-refractivity contribution in [1.82, 2.24) is 0 Å². The number of nitrogens with one attached hydrogen (secondary N) is 1. The predicted molar refractivity (Wildman–Crippen MR) is 93.3 cm³/mol. The summed E-state index contributed by atoms with van der Waals surface area (Å²) in [7, 11) is 0. The first kappa shape index (κ1) is 16.0. The first-order chi connectivity index (χ1) is 11.6. The Bertz CT molecular complexity index is 720. The Balaban J connectivity index is 1.57. The van der Waals surface area contributed by atoms with E-state index in [1.54, 1.807) is 12.1 Å². The molecule has 0 aliphatic carbocycles. The highest BCUT2D eigenvalue weighted by Gasteiger charge is 2.12. The Morgan fingerprint density at radius 3 is 2.25 bits per heavy atom. The fourth-order valence-electron chi connectivity index (χ4n) is 2.86. The quantitative estimate of drug-likeness (QED) is 0.675. The third kappa shape index (κ3) is 3.90. The zero-order valence-electron chi connectivity index (χ0n) is 13.3. The van der Waals surface area contributed by atoms with Gasteiger partial charge in [0.25, 0.3) is 5.69 Å². The van der Waals surface area contributed by atoms with Gasteiger partial charge >= 0.3 is 0 Å². The molecule has 0 saturated carbocycles. The molecule has 3 rings (SSSR count). The van der Waals surface area contributed by atoms with Crippen LogP contribution in [0.4, 0.5) is 17.1 Å². The zero-order valence-corrected chi connectivity index (χ0v) is 13.3. The van der Waals surface area contributed by atoms with Crippen LogP contribution in [-0.4, -0.2) is 23.9 Å². The molecule has 1 saturated heterocycles. The van der Waals surface area contributed by atoms with Crippen molar-refractivity contribution in [3.63, 3.8) is 0 Å². The topological polar surface area (TPSA) is 75.5 Å². The van der Waals surface area contributed by atoms with Gasteiger partial charge in [-0.1, -0.05) is 12.1 Å². The highest BCUT2D eigenvalue weighted by Crippen LogP contribution is 2.22. The van der Waals surface area contributed by atoms with Crippen molar-refractivity contribution in [2.45, 2.75) is 19.3 Å². The van der Waals surface area contributed by atoms with Crippen molar-refractivity contribution >= 4 is 23.0 Å². The molecule has 1 aliphatic rings. The average Bonchev–Trinajstić information content (AvgIpc) is 3.10. The van der Waals surface area contributed by atoms with Gasteiger partial charge in [0.2, 0.25) is 5.91 Å². The molecule has 1 fully saturated rings. The molecule has 1 aliphatic heterocycles. The number of benzene rings is 2. The van der Waals surface area contributed by atoms with Crippen LogP contribution in [-0.2, 0) is 11.2 Å². The lowest BCUT2D eigenvalue weighted by atomic mass is 10.1.